The maximum atomic E-state index is 11.9. The number of rotatable bonds is 8. The van der Waals surface area contributed by atoms with Crippen molar-refractivity contribution in [2.75, 3.05) is 32.8 Å². The lowest BCUT2D eigenvalue weighted by atomic mass is 9.99. The summed E-state index contributed by atoms with van der Waals surface area (Å²) in [5.41, 5.74) is 1.30. The number of carbonyl (C=O) groups excluding carboxylic acids is 1. The van der Waals surface area contributed by atoms with Crippen LogP contribution in [0.2, 0.25) is 0 Å². The molecule has 1 unspecified atom stereocenters. The van der Waals surface area contributed by atoms with Gasteiger partial charge in [-0.25, -0.2) is 0 Å². The third kappa shape index (κ3) is 6.27. The van der Waals surface area contributed by atoms with Gasteiger partial charge in [0.15, 0.2) is 0 Å². The number of carbonyl (C=O) groups is 1. The molecule has 1 atom stereocenters. The SMILES string of the molecule is O=C(NCCCOCCc1ccccc1)C1CCCNC1. The van der Waals surface area contributed by atoms with Gasteiger partial charge in [0.1, 0.15) is 0 Å². The number of piperidine rings is 1. The molecule has 1 aromatic rings. The summed E-state index contributed by atoms with van der Waals surface area (Å²) in [6.07, 6.45) is 3.93. The summed E-state index contributed by atoms with van der Waals surface area (Å²) in [5.74, 6) is 0.337. The van der Waals surface area contributed by atoms with Crippen LogP contribution < -0.4 is 10.6 Å². The summed E-state index contributed by atoms with van der Waals surface area (Å²) >= 11 is 0. The molecule has 1 aromatic carbocycles. The van der Waals surface area contributed by atoms with E-state index in [1.165, 1.54) is 5.56 Å². The predicted octanol–water partition coefficient (Wildman–Crippen LogP) is 1.75. The third-order valence-corrected chi connectivity index (χ3v) is 3.81. The van der Waals surface area contributed by atoms with Crippen LogP contribution in [0.4, 0.5) is 0 Å². The molecule has 1 saturated heterocycles. The van der Waals surface area contributed by atoms with Gasteiger partial charge in [0, 0.05) is 19.7 Å². The fraction of sp³-hybridized carbons (Fsp3) is 0.588. The molecule has 0 saturated carbocycles. The van der Waals surface area contributed by atoms with Gasteiger partial charge in [0.25, 0.3) is 0 Å². The molecule has 1 heterocycles. The van der Waals surface area contributed by atoms with E-state index in [9.17, 15) is 4.79 Å². The molecular formula is C17H26N2O2. The van der Waals surface area contributed by atoms with Crippen LogP contribution in [-0.2, 0) is 16.0 Å². The Hall–Kier alpha value is -1.39. The van der Waals surface area contributed by atoms with Crippen molar-refractivity contribution in [2.45, 2.75) is 25.7 Å². The van der Waals surface area contributed by atoms with Crippen molar-refractivity contribution in [1.29, 1.82) is 0 Å². The van der Waals surface area contributed by atoms with E-state index < -0.39 is 0 Å². The summed E-state index contributed by atoms with van der Waals surface area (Å²) < 4.78 is 5.60. The molecule has 0 bridgehead atoms. The molecule has 2 N–H and O–H groups in total. The minimum absolute atomic E-state index is 0.151. The lowest BCUT2D eigenvalue weighted by Gasteiger charge is -2.21. The van der Waals surface area contributed by atoms with E-state index in [2.05, 4.69) is 22.8 Å². The van der Waals surface area contributed by atoms with Crippen molar-refractivity contribution in [3.05, 3.63) is 35.9 Å². The fourth-order valence-electron chi connectivity index (χ4n) is 2.54. The topological polar surface area (TPSA) is 50.4 Å². The van der Waals surface area contributed by atoms with Crippen LogP contribution >= 0.6 is 0 Å². The lowest BCUT2D eigenvalue weighted by molar-refractivity contribution is -0.125. The molecule has 1 aliphatic heterocycles. The summed E-state index contributed by atoms with van der Waals surface area (Å²) in [7, 11) is 0. The zero-order valence-electron chi connectivity index (χ0n) is 12.6. The second-order valence-corrected chi connectivity index (χ2v) is 5.54. The van der Waals surface area contributed by atoms with Crippen LogP contribution in [0.1, 0.15) is 24.8 Å². The molecule has 21 heavy (non-hydrogen) atoms. The van der Waals surface area contributed by atoms with Gasteiger partial charge in [-0.1, -0.05) is 30.3 Å². The molecule has 4 heteroatoms. The van der Waals surface area contributed by atoms with Gasteiger partial charge >= 0.3 is 0 Å². The molecule has 0 aliphatic carbocycles. The van der Waals surface area contributed by atoms with E-state index in [-0.39, 0.29) is 11.8 Å². The first-order valence-corrected chi connectivity index (χ1v) is 7.96. The van der Waals surface area contributed by atoms with Crippen LogP contribution in [-0.4, -0.2) is 38.8 Å². The van der Waals surface area contributed by atoms with Crippen molar-refractivity contribution in [3.63, 3.8) is 0 Å². The number of ether oxygens (including phenoxy) is 1. The Morgan fingerprint density at radius 2 is 2.14 bits per heavy atom. The Kier molecular flexibility index (Phi) is 7.25. The number of nitrogens with one attached hydrogen (secondary N) is 2. The second-order valence-electron chi connectivity index (χ2n) is 5.54. The summed E-state index contributed by atoms with van der Waals surface area (Å²) in [5, 5.41) is 6.27. The van der Waals surface area contributed by atoms with Crippen LogP contribution in [0.25, 0.3) is 0 Å². The fourth-order valence-corrected chi connectivity index (χ4v) is 2.54. The molecule has 0 radical (unpaired) electrons. The molecule has 1 fully saturated rings. The van der Waals surface area contributed by atoms with E-state index in [4.69, 9.17) is 4.74 Å². The Labute approximate surface area is 127 Å². The molecule has 0 spiro atoms. The highest BCUT2D eigenvalue weighted by atomic mass is 16.5. The van der Waals surface area contributed by atoms with Crippen molar-refractivity contribution in [3.8, 4) is 0 Å². The highest BCUT2D eigenvalue weighted by Gasteiger charge is 2.19. The largest absolute Gasteiger partial charge is 0.381 e. The van der Waals surface area contributed by atoms with Gasteiger partial charge in [-0.2, -0.15) is 0 Å². The predicted molar refractivity (Wildman–Crippen MR) is 84.2 cm³/mol. The molecule has 0 aromatic heterocycles. The van der Waals surface area contributed by atoms with Crippen molar-refractivity contribution in [1.82, 2.24) is 10.6 Å². The number of hydrogen-bond donors (Lipinski definition) is 2. The average Bonchev–Trinajstić information content (AvgIpc) is 2.55. The zero-order valence-corrected chi connectivity index (χ0v) is 12.6. The van der Waals surface area contributed by atoms with Crippen molar-refractivity contribution < 1.29 is 9.53 Å². The molecule has 4 nitrogen and oxygen atoms in total. The van der Waals surface area contributed by atoms with E-state index in [1.807, 2.05) is 18.2 Å². The highest BCUT2D eigenvalue weighted by Crippen LogP contribution is 2.09. The van der Waals surface area contributed by atoms with Crippen LogP contribution in [0, 0.1) is 5.92 Å². The summed E-state index contributed by atoms with van der Waals surface area (Å²) in [6, 6.07) is 10.3. The van der Waals surface area contributed by atoms with E-state index in [0.29, 0.717) is 13.2 Å². The summed E-state index contributed by atoms with van der Waals surface area (Å²) in [6.45, 7) is 4.01. The number of benzene rings is 1. The Morgan fingerprint density at radius 3 is 2.90 bits per heavy atom. The standard InChI is InChI=1S/C17H26N2O2/c20-17(16-8-4-10-18-14-16)19-11-5-12-21-13-9-15-6-2-1-3-7-15/h1-3,6-7,16,18H,4-5,8-14H2,(H,19,20). The Morgan fingerprint density at radius 1 is 1.29 bits per heavy atom. The van der Waals surface area contributed by atoms with Gasteiger partial charge in [-0.3, -0.25) is 4.79 Å². The normalized spacial score (nSPS) is 18.4. The monoisotopic (exact) mass is 290 g/mol. The second kappa shape index (κ2) is 9.53. The minimum atomic E-state index is 0.151. The van der Waals surface area contributed by atoms with E-state index >= 15 is 0 Å². The van der Waals surface area contributed by atoms with Gasteiger partial charge < -0.3 is 15.4 Å². The summed E-state index contributed by atoms with van der Waals surface area (Å²) in [4.78, 5) is 11.9. The maximum Gasteiger partial charge on any atom is 0.224 e. The highest BCUT2D eigenvalue weighted by molar-refractivity contribution is 5.78. The van der Waals surface area contributed by atoms with Crippen LogP contribution in [0.3, 0.4) is 0 Å². The Balaban J connectivity index is 1.45. The van der Waals surface area contributed by atoms with Gasteiger partial charge in [-0.15, -0.1) is 0 Å². The third-order valence-electron chi connectivity index (χ3n) is 3.81. The number of hydrogen-bond acceptors (Lipinski definition) is 3. The first-order chi connectivity index (χ1) is 10.4. The first kappa shape index (κ1) is 16.0. The molecule has 1 amide bonds. The van der Waals surface area contributed by atoms with Crippen LogP contribution in [0.5, 0.6) is 0 Å². The number of amides is 1. The van der Waals surface area contributed by atoms with Gasteiger partial charge in [-0.05, 0) is 37.8 Å². The van der Waals surface area contributed by atoms with E-state index in [1.54, 1.807) is 0 Å². The maximum absolute atomic E-state index is 11.9. The van der Waals surface area contributed by atoms with Crippen molar-refractivity contribution >= 4 is 5.91 Å². The lowest BCUT2D eigenvalue weighted by Crippen LogP contribution is -2.40. The minimum Gasteiger partial charge on any atom is -0.381 e. The van der Waals surface area contributed by atoms with E-state index in [0.717, 1.165) is 45.4 Å². The molecule has 116 valence electrons. The average molecular weight is 290 g/mol. The van der Waals surface area contributed by atoms with Crippen molar-refractivity contribution in [2.24, 2.45) is 5.92 Å². The quantitative estimate of drug-likeness (QED) is 0.717. The Bertz CT molecular complexity index is 403. The van der Waals surface area contributed by atoms with Crippen LogP contribution in [0.15, 0.2) is 30.3 Å². The van der Waals surface area contributed by atoms with Gasteiger partial charge in [0.2, 0.25) is 5.91 Å². The molecular weight excluding hydrogens is 264 g/mol. The first-order valence-electron chi connectivity index (χ1n) is 7.96. The van der Waals surface area contributed by atoms with Gasteiger partial charge in [0.05, 0.1) is 12.5 Å². The zero-order chi connectivity index (χ0) is 14.8. The molecule has 2 rings (SSSR count). The smallest absolute Gasteiger partial charge is 0.224 e. The molecule has 1 aliphatic rings.